The van der Waals surface area contributed by atoms with Crippen LogP contribution in [-0.4, -0.2) is 31.4 Å². The Bertz CT molecular complexity index is 895. The second-order valence-corrected chi connectivity index (χ2v) is 5.48. The summed E-state index contributed by atoms with van der Waals surface area (Å²) in [5.41, 5.74) is -1.54. The minimum absolute atomic E-state index is 0.183. The van der Waals surface area contributed by atoms with E-state index in [4.69, 9.17) is 0 Å². The molecule has 0 fully saturated rings. The van der Waals surface area contributed by atoms with Crippen molar-refractivity contribution in [2.45, 2.75) is 6.18 Å². The first-order chi connectivity index (χ1) is 13.1. The van der Waals surface area contributed by atoms with Crippen molar-refractivity contribution in [3.63, 3.8) is 0 Å². The number of anilines is 1. The Morgan fingerprint density at radius 2 is 1.57 bits per heavy atom. The molecule has 0 radical (unpaired) electrons. The third-order valence-electron chi connectivity index (χ3n) is 3.56. The summed E-state index contributed by atoms with van der Waals surface area (Å²) >= 11 is 0. The summed E-state index contributed by atoms with van der Waals surface area (Å²) in [4.78, 5) is 34.9. The van der Waals surface area contributed by atoms with E-state index in [2.05, 4.69) is 15.4 Å². The zero-order valence-corrected chi connectivity index (χ0v) is 14.4. The number of nitrogens with one attached hydrogen (secondary N) is 2. The lowest BCUT2D eigenvalue weighted by atomic mass is 10.1. The molecule has 148 valence electrons. The van der Waals surface area contributed by atoms with Gasteiger partial charge < -0.3 is 15.4 Å². The quantitative estimate of drug-likeness (QED) is 0.599. The SMILES string of the molecule is COC(=O)CNC(=O)c1ccc(NC(=O)c2ccc(F)c(C(F)(F)F)c2)cc1. The van der Waals surface area contributed by atoms with Crippen molar-refractivity contribution in [3.05, 3.63) is 65.0 Å². The van der Waals surface area contributed by atoms with Gasteiger partial charge in [0.25, 0.3) is 11.8 Å². The second-order valence-electron chi connectivity index (χ2n) is 5.48. The minimum atomic E-state index is -4.93. The van der Waals surface area contributed by atoms with Crippen LogP contribution in [0.15, 0.2) is 42.5 Å². The summed E-state index contributed by atoms with van der Waals surface area (Å²) in [6.45, 7) is -0.320. The number of hydrogen-bond donors (Lipinski definition) is 2. The van der Waals surface area contributed by atoms with Crippen molar-refractivity contribution in [3.8, 4) is 0 Å². The van der Waals surface area contributed by atoms with Gasteiger partial charge in [0.05, 0.1) is 12.7 Å². The number of benzene rings is 2. The van der Waals surface area contributed by atoms with E-state index >= 15 is 0 Å². The van der Waals surface area contributed by atoms with Crippen molar-refractivity contribution >= 4 is 23.5 Å². The number of esters is 1. The van der Waals surface area contributed by atoms with Gasteiger partial charge in [-0.05, 0) is 42.5 Å². The van der Waals surface area contributed by atoms with Gasteiger partial charge in [0, 0.05) is 16.8 Å². The summed E-state index contributed by atoms with van der Waals surface area (Å²) in [7, 11) is 1.17. The van der Waals surface area contributed by atoms with Gasteiger partial charge in [0.15, 0.2) is 0 Å². The molecule has 2 rings (SSSR count). The van der Waals surface area contributed by atoms with E-state index in [1.54, 1.807) is 0 Å². The third kappa shape index (κ3) is 5.29. The van der Waals surface area contributed by atoms with Gasteiger partial charge in [-0.25, -0.2) is 4.39 Å². The standard InChI is InChI=1S/C18H14F4N2O4/c1-28-15(25)9-23-16(26)10-2-5-12(6-3-10)24-17(27)11-4-7-14(19)13(8-11)18(20,21)22/h2-8H,9H2,1H3,(H,23,26)(H,24,27). The van der Waals surface area contributed by atoms with Crippen LogP contribution in [0, 0.1) is 5.82 Å². The molecule has 2 aromatic carbocycles. The first kappa shape index (κ1) is 20.9. The summed E-state index contributed by atoms with van der Waals surface area (Å²) in [5, 5.41) is 4.67. The van der Waals surface area contributed by atoms with E-state index in [-0.39, 0.29) is 23.4 Å². The minimum Gasteiger partial charge on any atom is -0.468 e. The zero-order chi connectivity index (χ0) is 20.9. The normalized spacial score (nSPS) is 10.9. The van der Waals surface area contributed by atoms with Crippen LogP contribution in [-0.2, 0) is 15.7 Å². The summed E-state index contributed by atoms with van der Waals surface area (Å²) in [6, 6.07) is 7.28. The van der Waals surface area contributed by atoms with Crippen LogP contribution in [0.25, 0.3) is 0 Å². The number of halogens is 4. The highest BCUT2D eigenvalue weighted by Gasteiger charge is 2.34. The van der Waals surface area contributed by atoms with E-state index in [9.17, 15) is 31.9 Å². The number of amides is 2. The molecule has 0 saturated heterocycles. The molecule has 6 nitrogen and oxygen atoms in total. The summed E-state index contributed by atoms with van der Waals surface area (Å²) in [5.74, 6) is -3.55. The molecule has 2 N–H and O–H groups in total. The van der Waals surface area contributed by atoms with Gasteiger partial charge in [-0.15, -0.1) is 0 Å². The molecule has 2 aromatic rings. The van der Waals surface area contributed by atoms with Crippen molar-refractivity contribution in [2.75, 3.05) is 19.0 Å². The number of ether oxygens (including phenoxy) is 1. The second kappa shape index (κ2) is 8.51. The fraction of sp³-hybridized carbons (Fsp3) is 0.167. The number of carbonyl (C=O) groups excluding carboxylic acids is 3. The monoisotopic (exact) mass is 398 g/mol. The highest BCUT2D eigenvalue weighted by Crippen LogP contribution is 2.32. The molecule has 0 aliphatic rings. The van der Waals surface area contributed by atoms with Crippen LogP contribution in [0.5, 0.6) is 0 Å². The molecule has 0 spiro atoms. The Balaban J connectivity index is 2.07. The molecule has 0 bridgehead atoms. The maximum Gasteiger partial charge on any atom is 0.419 e. The molecule has 2 amide bonds. The number of hydrogen-bond acceptors (Lipinski definition) is 4. The lowest BCUT2D eigenvalue weighted by Crippen LogP contribution is -2.30. The molecule has 10 heteroatoms. The van der Waals surface area contributed by atoms with E-state index < -0.39 is 35.3 Å². The third-order valence-corrected chi connectivity index (χ3v) is 3.56. The molecular weight excluding hydrogens is 384 g/mol. The molecule has 0 heterocycles. The highest BCUT2D eigenvalue weighted by molar-refractivity contribution is 6.04. The van der Waals surface area contributed by atoms with E-state index in [0.717, 1.165) is 6.07 Å². The molecule has 0 aliphatic heterocycles. The van der Waals surface area contributed by atoms with Crippen molar-refractivity contribution in [2.24, 2.45) is 0 Å². The van der Waals surface area contributed by atoms with Gasteiger partial charge in [-0.1, -0.05) is 0 Å². The molecule has 0 saturated carbocycles. The molecule has 28 heavy (non-hydrogen) atoms. The van der Waals surface area contributed by atoms with Gasteiger partial charge in [-0.3, -0.25) is 14.4 Å². The van der Waals surface area contributed by atoms with Gasteiger partial charge >= 0.3 is 12.1 Å². The van der Waals surface area contributed by atoms with Crippen molar-refractivity contribution in [1.29, 1.82) is 0 Å². The van der Waals surface area contributed by atoms with Crippen LogP contribution in [0.1, 0.15) is 26.3 Å². The van der Waals surface area contributed by atoms with Crippen LogP contribution in [0.2, 0.25) is 0 Å². The topological polar surface area (TPSA) is 84.5 Å². The fourth-order valence-corrected chi connectivity index (χ4v) is 2.12. The van der Waals surface area contributed by atoms with Crippen molar-refractivity contribution < 1.29 is 36.7 Å². The van der Waals surface area contributed by atoms with Crippen LogP contribution in [0.4, 0.5) is 23.2 Å². The fourth-order valence-electron chi connectivity index (χ4n) is 2.12. The maximum absolute atomic E-state index is 13.3. The van der Waals surface area contributed by atoms with Gasteiger partial charge in [0.2, 0.25) is 0 Å². The van der Waals surface area contributed by atoms with E-state index in [1.165, 1.54) is 31.4 Å². The largest absolute Gasteiger partial charge is 0.468 e. The predicted octanol–water partition coefficient (Wildman–Crippen LogP) is 3.00. The Morgan fingerprint density at radius 3 is 2.14 bits per heavy atom. The lowest BCUT2D eigenvalue weighted by Gasteiger charge is -2.11. The smallest absolute Gasteiger partial charge is 0.419 e. The van der Waals surface area contributed by atoms with Crippen molar-refractivity contribution in [1.82, 2.24) is 5.32 Å². The van der Waals surface area contributed by atoms with E-state index in [0.29, 0.717) is 12.1 Å². The van der Waals surface area contributed by atoms with Crippen LogP contribution in [0.3, 0.4) is 0 Å². The Hall–Kier alpha value is -3.43. The zero-order valence-electron chi connectivity index (χ0n) is 14.4. The van der Waals surface area contributed by atoms with Crippen LogP contribution < -0.4 is 10.6 Å². The summed E-state index contributed by atoms with van der Waals surface area (Å²) in [6.07, 6.45) is -4.93. The van der Waals surface area contributed by atoms with Crippen LogP contribution >= 0.6 is 0 Å². The first-order valence-corrected chi connectivity index (χ1v) is 7.75. The van der Waals surface area contributed by atoms with Gasteiger partial charge in [-0.2, -0.15) is 13.2 Å². The molecule has 0 atom stereocenters. The Morgan fingerprint density at radius 1 is 0.964 bits per heavy atom. The maximum atomic E-state index is 13.3. The molecular formula is C18H14F4N2O4. The number of methoxy groups -OCH3 is 1. The lowest BCUT2D eigenvalue weighted by molar-refractivity contribution is -0.140. The number of alkyl halides is 3. The molecule has 0 aromatic heterocycles. The Kier molecular flexibility index (Phi) is 6.34. The average Bonchev–Trinajstić information content (AvgIpc) is 2.65. The number of rotatable bonds is 5. The number of carbonyl (C=O) groups is 3. The first-order valence-electron chi connectivity index (χ1n) is 7.75. The molecule has 0 unspecified atom stereocenters. The molecule has 0 aliphatic carbocycles. The summed E-state index contributed by atoms with van der Waals surface area (Å²) < 4.78 is 55.9. The van der Waals surface area contributed by atoms with Gasteiger partial charge in [0.1, 0.15) is 12.4 Å². The predicted molar refractivity (Wildman–Crippen MR) is 90.1 cm³/mol. The highest BCUT2D eigenvalue weighted by atomic mass is 19.4. The van der Waals surface area contributed by atoms with E-state index in [1.807, 2.05) is 0 Å². The average molecular weight is 398 g/mol. The Labute approximate surface area is 156 Å².